The molecular weight excluding hydrogens is 497 g/mol. The van der Waals surface area contributed by atoms with Gasteiger partial charge in [-0.2, -0.15) is 0 Å². The van der Waals surface area contributed by atoms with Gasteiger partial charge in [-0.15, -0.1) is 0 Å². The minimum absolute atomic E-state index is 0.124. The average Bonchev–Trinajstić information content (AvgIpc) is 3.36. The van der Waals surface area contributed by atoms with Crippen molar-refractivity contribution in [2.24, 2.45) is 5.92 Å². The number of fused-ring (bicyclic) bond motifs is 1. The number of benzene rings is 2. The monoisotopic (exact) mass is 531 g/mol. The summed E-state index contributed by atoms with van der Waals surface area (Å²) in [5.41, 5.74) is 1.91. The van der Waals surface area contributed by atoms with Crippen LogP contribution in [0.25, 0.3) is 0 Å². The second kappa shape index (κ2) is 13.2. The molecule has 0 spiro atoms. The summed E-state index contributed by atoms with van der Waals surface area (Å²) in [6.07, 6.45) is 4.88. The van der Waals surface area contributed by atoms with Crippen LogP contribution >= 0.6 is 0 Å². The number of hydrogen-bond acceptors (Lipinski definition) is 8. The van der Waals surface area contributed by atoms with Gasteiger partial charge in [0.1, 0.15) is 29.5 Å². The highest BCUT2D eigenvalue weighted by Gasteiger charge is 2.42. The summed E-state index contributed by atoms with van der Waals surface area (Å²) >= 11 is 0. The lowest BCUT2D eigenvalue weighted by Gasteiger charge is -2.25. The van der Waals surface area contributed by atoms with Crippen LogP contribution in [0.15, 0.2) is 67.1 Å². The number of likely N-dealkylation sites (N-methyl/N-ethyl adjacent to an activating group) is 1. The van der Waals surface area contributed by atoms with Crippen LogP contribution in [0, 0.1) is 5.92 Å². The molecule has 1 aliphatic heterocycles. The highest BCUT2D eigenvalue weighted by Crippen LogP contribution is 2.35. The second-order valence-corrected chi connectivity index (χ2v) is 9.94. The first-order valence-corrected chi connectivity index (χ1v) is 13.0. The summed E-state index contributed by atoms with van der Waals surface area (Å²) in [6.45, 7) is 4.10. The lowest BCUT2D eigenvalue weighted by atomic mass is 9.74. The van der Waals surface area contributed by atoms with E-state index < -0.39 is 31.2 Å². The van der Waals surface area contributed by atoms with Crippen LogP contribution in [-0.2, 0) is 17.6 Å². The first-order chi connectivity index (χ1) is 18.8. The molecule has 4 N–H and O–H groups in total. The third-order valence-electron chi connectivity index (χ3n) is 6.34. The molecule has 204 valence electrons. The summed E-state index contributed by atoms with van der Waals surface area (Å²) in [4.78, 5) is 34.5. The van der Waals surface area contributed by atoms with E-state index in [9.17, 15) is 14.7 Å². The van der Waals surface area contributed by atoms with Crippen molar-refractivity contribution in [2.75, 3.05) is 7.05 Å². The maximum absolute atomic E-state index is 13.6. The van der Waals surface area contributed by atoms with Crippen molar-refractivity contribution in [1.29, 1.82) is 0 Å². The van der Waals surface area contributed by atoms with E-state index in [4.69, 9.17) is 9.31 Å². The van der Waals surface area contributed by atoms with E-state index in [-0.39, 0.29) is 23.9 Å². The predicted molar refractivity (Wildman–Crippen MR) is 147 cm³/mol. The molecule has 0 fully saturated rings. The van der Waals surface area contributed by atoms with E-state index in [0.717, 1.165) is 11.1 Å². The van der Waals surface area contributed by atoms with Gasteiger partial charge in [-0.05, 0) is 42.6 Å². The van der Waals surface area contributed by atoms with Gasteiger partial charge in [0, 0.05) is 25.2 Å². The number of carbonyl (C=O) groups is 2. The Hall–Kier alpha value is -3.96. The van der Waals surface area contributed by atoms with E-state index in [2.05, 4.69) is 39.8 Å². The minimum atomic E-state index is -0.866. The van der Waals surface area contributed by atoms with E-state index >= 15 is 0 Å². The Balaban J connectivity index is 1.50. The lowest BCUT2D eigenvalue weighted by molar-refractivity contribution is -0.123. The Labute approximate surface area is 228 Å². The normalized spacial score (nSPS) is 14.5. The molecule has 4 rings (SSSR count). The maximum Gasteiger partial charge on any atom is 0.618 e. The average molecular weight is 531 g/mol. The number of nitrogens with one attached hydrogen (secondary N) is 3. The van der Waals surface area contributed by atoms with E-state index in [0.29, 0.717) is 24.3 Å². The van der Waals surface area contributed by atoms with Gasteiger partial charge in [-0.25, -0.2) is 4.98 Å². The molecule has 1 aliphatic rings. The molecule has 0 saturated carbocycles. The van der Waals surface area contributed by atoms with Gasteiger partial charge < -0.3 is 25.0 Å². The first-order valence-electron chi connectivity index (χ1n) is 13.0. The van der Waals surface area contributed by atoms with Crippen molar-refractivity contribution in [3.05, 3.63) is 83.9 Å². The number of hydrogen-bond donors (Lipinski definition) is 4. The van der Waals surface area contributed by atoms with Crippen molar-refractivity contribution in [1.82, 2.24) is 25.9 Å². The Kier molecular flexibility index (Phi) is 9.51. The van der Waals surface area contributed by atoms with Gasteiger partial charge in [0.2, 0.25) is 5.91 Å². The van der Waals surface area contributed by atoms with Crippen LogP contribution in [0.2, 0.25) is 0 Å². The van der Waals surface area contributed by atoms with Gasteiger partial charge in [-0.1, -0.05) is 50.2 Å². The summed E-state index contributed by atoms with van der Waals surface area (Å²) in [6, 6.07) is 14.1. The van der Waals surface area contributed by atoms with E-state index in [1.54, 1.807) is 13.1 Å². The van der Waals surface area contributed by atoms with Crippen LogP contribution in [0.3, 0.4) is 0 Å². The maximum atomic E-state index is 13.6. The van der Waals surface area contributed by atoms with Crippen molar-refractivity contribution in [2.45, 2.75) is 51.3 Å². The van der Waals surface area contributed by atoms with Crippen LogP contribution in [0.5, 0.6) is 11.5 Å². The molecule has 0 aliphatic carbocycles. The van der Waals surface area contributed by atoms with Crippen LogP contribution < -0.4 is 25.3 Å². The molecule has 11 heteroatoms. The number of aliphatic hydroxyl groups is 1. The molecule has 0 bridgehead atoms. The zero-order chi connectivity index (χ0) is 27.8. The lowest BCUT2D eigenvalue weighted by Crippen LogP contribution is -2.57. The van der Waals surface area contributed by atoms with E-state index in [1.165, 1.54) is 18.6 Å². The van der Waals surface area contributed by atoms with Crippen molar-refractivity contribution < 1.29 is 24.0 Å². The summed E-state index contributed by atoms with van der Waals surface area (Å²) < 4.78 is 12.2. The second-order valence-electron chi connectivity index (χ2n) is 9.94. The standard InChI is InChI=1S/C28H34BN5O5/c1-18(2)13-25(29-38-23-10-9-20(15-24(23)39-29)16-26(35)30-3)34-27(36)21(14-19-7-5-4-6-8-19)33-28(37)22-17-31-11-12-32-22/h4-12,15,17-18,21,25-26,30,35H,13-14,16H2,1-3H3,(H,33,37)(H,34,36)/t21?,25-,26?/m0/s1. The van der Waals surface area contributed by atoms with Gasteiger partial charge in [0.15, 0.2) is 0 Å². The highest BCUT2D eigenvalue weighted by atomic mass is 16.6. The minimum Gasteiger partial charge on any atom is -0.522 e. The molecule has 3 atom stereocenters. The summed E-state index contributed by atoms with van der Waals surface area (Å²) in [7, 11) is 0.942. The molecule has 3 aromatic rings. The molecule has 2 aromatic carbocycles. The first kappa shape index (κ1) is 28.1. The fraction of sp³-hybridized carbons (Fsp3) is 0.357. The number of aliphatic hydroxyl groups excluding tert-OH is 1. The molecule has 1 aromatic heterocycles. The van der Waals surface area contributed by atoms with Gasteiger partial charge in [-0.3, -0.25) is 19.9 Å². The molecule has 0 radical (unpaired) electrons. The van der Waals surface area contributed by atoms with Gasteiger partial charge in [0.05, 0.1) is 12.1 Å². The fourth-order valence-electron chi connectivity index (χ4n) is 4.37. The number of amides is 2. The summed E-state index contributed by atoms with van der Waals surface area (Å²) in [5, 5.41) is 18.6. The Bertz CT molecular complexity index is 1250. The molecule has 0 saturated heterocycles. The zero-order valence-electron chi connectivity index (χ0n) is 22.3. The fourth-order valence-corrected chi connectivity index (χ4v) is 4.37. The smallest absolute Gasteiger partial charge is 0.522 e. The number of nitrogens with zero attached hydrogens (tertiary/aromatic N) is 2. The Morgan fingerprint density at radius 3 is 2.44 bits per heavy atom. The van der Waals surface area contributed by atoms with E-state index in [1.807, 2.05) is 42.5 Å². The van der Waals surface area contributed by atoms with Gasteiger partial charge in [0.25, 0.3) is 5.91 Å². The van der Waals surface area contributed by atoms with Crippen molar-refractivity contribution in [3.63, 3.8) is 0 Å². The number of rotatable bonds is 12. The largest absolute Gasteiger partial charge is 0.618 e. The summed E-state index contributed by atoms with van der Waals surface area (Å²) in [5.74, 6) is 0.0275. The number of aromatic nitrogens is 2. The molecule has 2 unspecified atom stereocenters. The van der Waals surface area contributed by atoms with Crippen molar-refractivity contribution >= 4 is 18.9 Å². The molecular formula is C28H34BN5O5. The third kappa shape index (κ3) is 7.78. The Morgan fingerprint density at radius 2 is 1.74 bits per heavy atom. The van der Waals surface area contributed by atoms with Crippen LogP contribution in [-0.4, -0.2) is 59.3 Å². The third-order valence-corrected chi connectivity index (χ3v) is 6.34. The SMILES string of the molecule is CNC(O)Cc1ccc2c(c1)OB([C@H](CC(C)C)NC(=O)C(Cc1ccccc1)NC(=O)c1cnccn1)O2. The zero-order valence-corrected chi connectivity index (χ0v) is 22.3. The highest BCUT2D eigenvalue weighted by molar-refractivity contribution is 6.50. The van der Waals surface area contributed by atoms with Crippen molar-refractivity contribution in [3.8, 4) is 11.5 Å². The van der Waals surface area contributed by atoms with Crippen LogP contribution in [0.4, 0.5) is 0 Å². The van der Waals surface area contributed by atoms with Gasteiger partial charge >= 0.3 is 7.12 Å². The Morgan fingerprint density at radius 1 is 0.974 bits per heavy atom. The molecule has 2 amide bonds. The van der Waals surface area contributed by atoms with Crippen LogP contribution in [0.1, 0.15) is 41.9 Å². The molecule has 10 nitrogen and oxygen atoms in total. The molecule has 2 heterocycles. The molecule has 39 heavy (non-hydrogen) atoms. The topological polar surface area (TPSA) is 135 Å². The quantitative estimate of drug-likeness (QED) is 0.206. The predicted octanol–water partition coefficient (Wildman–Crippen LogP) is 1.93. The number of carbonyl (C=O) groups excluding carboxylic acids is 2.